The van der Waals surface area contributed by atoms with Gasteiger partial charge in [-0.2, -0.15) is 5.26 Å². The molecular weight excluding hydrogens is 334 g/mol. The Balaban J connectivity index is 1.55. The lowest BCUT2D eigenvalue weighted by Crippen LogP contribution is -2.41. The zero-order chi connectivity index (χ0) is 18.7. The van der Waals surface area contributed by atoms with Gasteiger partial charge >= 0.3 is 0 Å². The molecule has 4 nitrogen and oxygen atoms in total. The predicted molar refractivity (Wildman–Crippen MR) is 105 cm³/mol. The van der Waals surface area contributed by atoms with E-state index in [0.29, 0.717) is 5.56 Å². The molecule has 2 aliphatic rings. The molecule has 1 aliphatic heterocycles. The van der Waals surface area contributed by atoms with Gasteiger partial charge in [0.05, 0.1) is 23.1 Å². The molecule has 1 saturated heterocycles. The number of rotatable bonds is 6. The number of hydrogen-bond donors (Lipinski definition) is 1. The first-order valence-corrected chi connectivity index (χ1v) is 9.80. The zero-order valence-electron chi connectivity index (χ0n) is 15.5. The summed E-state index contributed by atoms with van der Waals surface area (Å²) in [5.41, 5.74) is 2.26. The molecule has 1 heterocycles. The molecule has 0 radical (unpaired) electrons. The van der Waals surface area contributed by atoms with Crippen molar-refractivity contribution in [2.75, 3.05) is 19.6 Å². The van der Waals surface area contributed by atoms with Gasteiger partial charge in [0.2, 0.25) is 5.91 Å². The normalized spacial score (nSPS) is 19.2. The minimum absolute atomic E-state index is 0.00609. The Hall–Kier alpha value is -2.64. The smallest absolute Gasteiger partial charge is 0.231 e. The van der Waals surface area contributed by atoms with Crippen LogP contribution >= 0.6 is 0 Å². The van der Waals surface area contributed by atoms with Gasteiger partial charge in [0.25, 0.3) is 0 Å². The van der Waals surface area contributed by atoms with Gasteiger partial charge in [-0.25, -0.2) is 0 Å². The molecule has 27 heavy (non-hydrogen) atoms. The van der Waals surface area contributed by atoms with Gasteiger partial charge in [0.15, 0.2) is 0 Å². The van der Waals surface area contributed by atoms with E-state index in [2.05, 4.69) is 28.4 Å². The molecule has 2 fully saturated rings. The Kier molecular flexibility index (Phi) is 4.96. The van der Waals surface area contributed by atoms with Gasteiger partial charge in [-0.05, 0) is 62.0 Å². The Morgan fingerprint density at radius 1 is 1.11 bits per heavy atom. The van der Waals surface area contributed by atoms with E-state index in [1.165, 1.54) is 12.8 Å². The quantitative estimate of drug-likeness (QED) is 0.858. The van der Waals surface area contributed by atoms with Crippen molar-refractivity contribution in [1.82, 2.24) is 10.2 Å². The maximum atomic E-state index is 13.3. The summed E-state index contributed by atoms with van der Waals surface area (Å²) in [4.78, 5) is 15.7. The number of nitriles is 1. The fourth-order valence-corrected chi connectivity index (χ4v) is 4.10. The van der Waals surface area contributed by atoms with Crippen LogP contribution < -0.4 is 5.32 Å². The number of likely N-dealkylation sites (tertiary alicyclic amines) is 1. The second kappa shape index (κ2) is 7.54. The molecule has 0 bridgehead atoms. The molecule has 1 aliphatic carbocycles. The van der Waals surface area contributed by atoms with Crippen LogP contribution in [0.2, 0.25) is 0 Å². The lowest BCUT2D eigenvalue weighted by Gasteiger charge is -2.27. The van der Waals surface area contributed by atoms with E-state index in [1.54, 1.807) is 6.07 Å². The fraction of sp³-hybridized carbons (Fsp3) is 0.391. The first-order chi connectivity index (χ1) is 13.2. The molecule has 2 aromatic rings. The van der Waals surface area contributed by atoms with E-state index >= 15 is 0 Å². The Labute approximate surface area is 160 Å². The zero-order valence-corrected chi connectivity index (χ0v) is 15.5. The maximum Gasteiger partial charge on any atom is 0.231 e. The average Bonchev–Trinajstić information content (AvgIpc) is 3.38. The van der Waals surface area contributed by atoms with Crippen molar-refractivity contribution >= 4 is 5.91 Å². The van der Waals surface area contributed by atoms with Gasteiger partial charge in [-0.15, -0.1) is 0 Å². The first-order valence-electron chi connectivity index (χ1n) is 9.80. The van der Waals surface area contributed by atoms with Gasteiger partial charge in [0, 0.05) is 6.54 Å². The third-order valence-corrected chi connectivity index (χ3v) is 5.88. The second-order valence-electron chi connectivity index (χ2n) is 7.72. The minimum atomic E-state index is -0.467. The van der Waals surface area contributed by atoms with Crippen molar-refractivity contribution in [2.45, 2.75) is 37.1 Å². The summed E-state index contributed by atoms with van der Waals surface area (Å²) in [6.07, 6.45) is 4.17. The van der Waals surface area contributed by atoms with E-state index in [9.17, 15) is 10.1 Å². The molecule has 0 unspecified atom stereocenters. The third-order valence-electron chi connectivity index (χ3n) is 5.88. The Morgan fingerprint density at radius 2 is 1.85 bits per heavy atom. The molecule has 4 heteroatoms. The highest BCUT2D eigenvalue weighted by Crippen LogP contribution is 2.49. The van der Waals surface area contributed by atoms with E-state index in [4.69, 9.17) is 0 Å². The third kappa shape index (κ3) is 3.74. The molecule has 2 aromatic carbocycles. The van der Waals surface area contributed by atoms with Crippen LogP contribution in [0.4, 0.5) is 0 Å². The summed E-state index contributed by atoms with van der Waals surface area (Å²) < 4.78 is 0. The van der Waals surface area contributed by atoms with E-state index < -0.39 is 5.41 Å². The SMILES string of the molecule is N#Cc1cccc(C2(C(=O)N[C@H](CN3CCCC3)c3ccccc3)CC2)c1. The number of nitrogens with zero attached hydrogens (tertiary/aromatic N) is 2. The van der Waals surface area contributed by atoms with Crippen LogP contribution in [-0.4, -0.2) is 30.4 Å². The summed E-state index contributed by atoms with van der Waals surface area (Å²) in [6, 6.07) is 19.9. The van der Waals surface area contributed by atoms with Crippen molar-refractivity contribution in [3.63, 3.8) is 0 Å². The van der Waals surface area contributed by atoms with Crippen LogP contribution in [0.25, 0.3) is 0 Å². The fourth-order valence-electron chi connectivity index (χ4n) is 4.10. The van der Waals surface area contributed by atoms with Gasteiger partial charge in [-0.1, -0.05) is 42.5 Å². The lowest BCUT2D eigenvalue weighted by atomic mass is 9.92. The van der Waals surface area contributed by atoms with Gasteiger partial charge in [0.1, 0.15) is 0 Å². The maximum absolute atomic E-state index is 13.3. The highest BCUT2D eigenvalue weighted by Gasteiger charge is 2.51. The largest absolute Gasteiger partial charge is 0.347 e. The van der Waals surface area contributed by atoms with Crippen molar-refractivity contribution < 1.29 is 4.79 Å². The van der Waals surface area contributed by atoms with E-state index in [-0.39, 0.29) is 11.9 Å². The number of amides is 1. The van der Waals surface area contributed by atoms with Crippen LogP contribution in [-0.2, 0) is 10.2 Å². The topological polar surface area (TPSA) is 56.1 Å². The summed E-state index contributed by atoms with van der Waals surface area (Å²) in [7, 11) is 0. The van der Waals surface area contributed by atoms with Crippen molar-refractivity contribution in [3.05, 3.63) is 71.3 Å². The molecule has 4 rings (SSSR count). The molecule has 138 valence electrons. The summed E-state index contributed by atoms with van der Waals surface area (Å²) in [5, 5.41) is 12.5. The van der Waals surface area contributed by atoms with E-state index in [1.807, 2.05) is 36.4 Å². The molecule has 1 atom stereocenters. The second-order valence-corrected chi connectivity index (χ2v) is 7.72. The van der Waals surface area contributed by atoms with Crippen LogP contribution in [0.3, 0.4) is 0 Å². The molecular formula is C23H25N3O. The van der Waals surface area contributed by atoms with Crippen molar-refractivity contribution in [1.29, 1.82) is 5.26 Å². The first kappa shape index (κ1) is 17.8. The summed E-state index contributed by atoms with van der Waals surface area (Å²) in [6.45, 7) is 3.06. The van der Waals surface area contributed by atoms with E-state index in [0.717, 1.165) is 43.6 Å². The number of carbonyl (C=O) groups is 1. The van der Waals surface area contributed by atoms with Crippen molar-refractivity contribution in [2.24, 2.45) is 0 Å². The van der Waals surface area contributed by atoms with Crippen LogP contribution in [0, 0.1) is 11.3 Å². The molecule has 0 aromatic heterocycles. The minimum Gasteiger partial charge on any atom is -0.347 e. The number of benzene rings is 2. The van der Waals surface area contributed by atoms with Gasteiger partial charge < -0.3 is 10.2 Å². The molecule has 1 saturated carbocycles. The summed E-state index contributed by atoms with van der Waals surface area (Å²) in [5.74, 6) is 0.0886. The predicted octanol–water partition coefficient (Wildman–Crippen LogP) is 3.54. The highest BCUT2D eigenvalue weighted by atomic mass is 16.2. The summed E-state index contributed by atoms with van der Waals surface area (Å²) >= 11 is 0. The number of nitrogens with one attached hydrogen (secondary N) is 1. The van der Waals surface area contributed by atoms with Crippen LogP contribution in [0.15, 0.2) is 54.6 Å². The molecule has 0 spiro atoms. The average molecular weight is 359 g/mol. The molecule has 1 N–H and O–H groups in total. The molecule has 1 amide bonds. The monoisotopic (exact) mass is 359 g/mol. The standard InChI is InChI=1S/C23H25N3O/c24-16-18-7-6-10-20(15-18)23(11-12-23)22(27)25-21(17-26-13-4-5-14-26)19-8-2-1-3-9-19/h1-3,6-10,15,21H,4-5,11-14,17H2,(H,25,27)/t21-/m1/s1. The number of carbonyl (C=O) groups excluding carboxylic acids is 1. The van der Waals surface area contributed by atoms with Crippen LogP contribution in [0.1, 0.15) is 48.4 Å². The van der Waals surface area contributed by atoms with Crippen molar-refractivity contribution in [3.8, 4) is 6.07 Å². The number of hydrogen-bond acceptors (Lipinski definition) is 3. The van der Waals surface area contributed by atoms with Gasteiger partial charge in [-0.3, -0.25) is 4.79 Å². The Bertz CT molecular complexity index is 845. The lowest BCUT2D eigenvalue weighted by molar-refractivity contribution is -0.124. The highest BCUT2D eigenvalue weighted by molar-refractivity contribution is 5.91. The Morgan fingerprint density at radius 3 is 2.52 bits per heavy atom. The van der Waals surface area contributed by atoms with Crippen LogP contribution in [0.5, 0.6) is 0 Å².